The third-order valence-corrected chi connectivity index (χ3v) is 2.47. The van der Waals surface area contributed by atoms with Crippen molar-refractivity contribution in [3.63, 3.8) is 0 Å². The third-order valence-electron chi connectivity index (χ3n) is 2.47. The van der Waals surface area contributed by atoms with E-state index in [4.69, 9.17) is 0 Å². The summed E-state index contributed by atoms with van der Waals surface area (Å²) in [5, 5.41) is 16.2. The number of anilines is 1. The molecule has 90 valence electrons. The van der Waals surface area contributed by atoms with Crippen molar-refractivity contribution in [2.24, 2.45) is 0 Å². The average Bonchev–Trinajstić information content (AvgIpc) is 3.10. The fourth-order valence-corrected chi connectivity index (χ4v) is 1.43. The first kappa shape index (κ1) is 11.5. The minimum atomic E-state index is -0.488. The van der Waals surface area contributed by atoms with Crippen LogP contribution in [0.2, 0.25) is 0 Å². The van der Waals surface area contributed by atoms with Gasteiger partial charge in [0.05, 0.1) is 11.5 Å². The molecule has 6 nitrogen and oxygen atoms in total. The van der Waals surface area contributed by atoms with E-state index in [2.05, 4.69) is 10.6 Å². The molecule has 1 amide bonds. The Hall–Kier alpha value is -1.95. The Morgan fingerprint density at radius 3 is 2.88 bits per heavy atom. The molecule has 0 bridgehead atoms. The Balaban J connectivity index is 1.90. The topological polar surface area (TPSA) is 84.3 Å². The maximum absolute atomic E-state index is 11.5. The molecule has 17 heavy (non-hydrogen) atoms. The normalized spacial score (nSPS) is 14.4. The number of non-ortho nitro benzene ring substituents is 1. The standard InChI is InChI=1S/C11H13N3O3/c15-11(7-12-8-4-5-8)13-9-2-1-3-10(6-9)14(16)17/h1-3,6,8,12H,4-5,7H2,(H,13,15). The van der Waals surface area contributed by atoms with E-state index < -0.39 is 4.92 Å². The summed E-state index contributed by atoms with van der Waals surface area (Å²) in [4.78, 5) is 21.5. The van der Waals surface area contributed by atoms with Gasteiger partial charge >= 0.3 is 0 Å². The van der Waals surface area contributed by atoms with Crippen LogP contribution in [0.4, 0.5) is 11.4 Å². The molecule has 0 aromatic heterocycles. The molecule has 1 aromatic carbocycles. The van der Waals surface area contributed by atoms with E-state index in [1.165, 1.54) is 12.1 Å². The Morgan fingerprint density at radius 2 is 2.24 bits per heavy atom. The molecule has 0 saturated heterocycles. The van der Waals surface area contributed by atoms with E-state index in [-0.39, 0.29) is 18.1 Å². The van der Waals surface area contributed by atoms with Crippen LogP contribution in [-0.2, 0) is 4.79 Å². The van der Waals surface area contributed by atoms with Crippen molar-refractivity contribution in [3.05, 3.63) is 34.4 Å². The number of benzene rings is 1. The Bertz CT molecular complexity index is 443. The monoisotopic (exact) mass is 235 g/mol. The molecule has 0 aliphatic heterocycles. The number of nitrogens with one attached hydrogen (secondary N) is 2. The summed E-state index contributed by atoms with van der Waals surface area (Å²) in [7, 11) is 0. The predicted molar refractivity (Wildman–Crippen MR) is 62.8 cm³/mol. The molecule has 0 spiro atoms. The quantitative estimate of drug-likeness (QED) is 0.594. The third kappa shape index (κ3) is 3.53. The van der Waals surface area contributed by atoms with E-state index in [1.54, 1.807) is 12.1 Å². The van der Waals surface area contributed by atoms with E-state index in [1.807, 2.05) is 0 Å². The number of hydrogen-bond acceptors (Lipinski definition) is 4. The molecule has 0 unspecified atom stereocenters. The second kappa shape index (κ2) is 4.92. The number of nitro benzene ring substituents is 1. The van der Waals surface area contributed by atoms with Gasteiger partial charge < -0.3 is 10.6 Å². The van der Waals surface area contributed by atoms with E-state index in [0.717, 1.165) is 12.8 Å². The summed E-state index contributed by atoms with van der Waals surface area (Å²) in [6.07, 6.45) is 2.23. The number of nitro groups is 1. The fraction of sp³-hybridized carbons (Fsp3) is 0.364. The van der Waals surface area contributed by atoms with Crippen molar-refractivity contribution in [2.75, 3.05) is 11.9 Å². The first-order valence-electron chi connectivity index (χ1n) is 5.43. The molecule has 1 aliphatic carbocycles. The average molecular weight is 235 g/mol. The highest BCUT2D eigenvalue weighted by Crippen LogP contribution is 2.19. The van der Waals surface area contributed by atoms with E-state index >= 15 is 0 Å². The summed E-state index contributed by atoms with van der Waals surface area (Å²) in [5.41, 5.74) is 0.416. The van der Waals surface area contributed by atoms with Gasteiger partial charge in [0.25, 0.3) is 5.69 Å². The van der Waals surface area contributed by atoms with Gasteiger partial charge in [-0.2, -0.15) is 0 Å². The number of hydrogen-bond donors (Lipinski definition) is 2. The molecule has 0 radical (unpaired) electrons. The van der Waals surface area contributed by atoms with E-state index in [0.29, 0.717) is 11.7 Å². The Morgan fingerprint density at radius 1 is 1.47 bits per heavy atom. The van der Waals surface area contributed by atoms with Crippen LogP contribution in [0.1, 0.15) is 12.8 Å². The van der Waals surface area contributed by atoms with Crippen molar-refractivity contribution in [2.45, 2.75) is 18.9 Å². The first-order valence-corrected chi connectivity index (χ1v) is 5.43. The smallest absolute Gasteiger partial charge is 0.271 e. The second-order valence-corrected chi connectivity index (χ2v) is 4.01. The fourth-order valence-electron chi connectivity index (χ4n) is 1.43. The molecule has 1 fully saturated rings. The van der Waals surface area contributed by atoms with Crippen molar-refractivity contribution in [1.29, 1.82) is 0 Å². The summed E-state index contributed by atoms with van der Waals surface area (Å²) < 4.78 is 0. The van der Waals surface area contributed by atoms with Gasteiger partial charge in [-0.05, 0) is 18.9 Å². The molecule has 0 heterocycles. The highest BCUT2D eigenvalue weighted by Gasteiger charge is 2.21. The van der Waals surface area contributed by atoms with Gasteiger partial charge in [0.2, 0.25) is 5.91 Å². The van der Waals surface area contributed by atoms with Gasteiger partial charge in [-0.15, -0.1) is 0 Å². The van der Waals surface area contributed by atoms with Crippen molar-refractivity contribution in [1.82, 2.24) is 5.32 Å². The van der Waals surface area contributed by atoms with Crippen LogP contribution < -0.4 is 10.6 Å². The molecule has 6 heteroatoms. The molecular formula is C11H13N3O3. The summed E-state index contributed by atoms with van der Waals surface area (Å²) in [5.74, 6) is -0.183. The van der Waals surface area contributed by atoms with Gasteiger partial charge in [-0.3, -0.25) is 14.9 Å². The number of rotatable bonds is 5. The number of nitrogens with zero attached hydrogens (tertiary/aromatic N) is 1. The van der Waals surface area contributed by atoms with Crippen molar-refractivity contribution >= 4 is 17.3 Å². The SMILES string of the molecule is O=C(CNC1CC1)Nc1cccc([N+](=O)[O-])c1. The Kier molecular flexibility index (Phi) is 3.34. The lowest BCUT2D eigenvalue weighted by Crippen LogP contribution is -2.29. The Labute approximate surface area is 98.2 Å². The maximum atomic E-state index is 11.5. The van der Waals surface area contributed by atoms with Crippen LogP contribution in [0.15, 0.2) is 24.3 Å². The molecular weight excluding hydrogens is 222 g/mol. The lowest BCUT2D eigenvalue weighted by atomic mass is 10.3. The van der Waals surface area contributed by atoms with Gasteiger partial charge in [-0.25, -0.2) is 0 Å². The minimum Gasteiger partial charge on any atom is -0.325 e. The minimum absolute atomic E-state index is 0.0297. The highest BCUT2D eigenvalue weighted by molar-refractivity contribution is 5.92. The zero-order valence-electron chi connectivity index (χ0n) is 9.18. The summed E-state index contributed by atoms with van der Waals surface area (Å²) >= 11 is 0. The molecule has 1 aliphatic rings. The number of carbonyl (C=O) groups excluding carboxylic acids is 1. The number of carbonyl (C=O) groups is 1. The molecule has 2 N–H and O–H groups in total. The first-order chi connectivity index (χ1) is 8.15. The van der Waals surface area contributed by atoms with Gasteiger partial charge in [0.15, 0.2) is 0 Å². The van der Waals surface area contributed by atoms with Crippen LogP contribution >= 0.6 is 0 Å². The van der Waals surface area contributed by atoms with Gasteiger partial charge in [0.1, 0.15) is 0 Å². The summed E-state index contributed by atoms with van der Waals surface area (Å²) in [6, 6.07) is 6.36. The number of amides is 1. The van der Waals surface area contributed by atoms with Crippen LogP contribution in [0.3, 0.4) is 0 Å². The maximum Gasteiger partial charge on any atom is 0.271 e. The lowest BCUT2D eigenvalue weighted by molar-refractivity contribution is -0.384. The predicted octanol–water partition coefficient (Wildman–Crippen LogP) is 1.29. The molecule has 2 rings (SSSR count). The van der Waals surface area contributed by atoms with Crippen LogP contribution in [-0.4, -0.2) is 23.4 Å². The highest BCUT2D eigenvalue weighted by atomic mass is 16.6. The van der Waals surface area contributed by atoms with Gasteiger partial charge in [-0.1, -0.05) is 6.07 Å². The zero-order chi connectivity index (χ0) is 12.3. The largest absolute Gasteiger partial charge is 0.325 e. The molecule has 1 aromatic rings. The zero-order valence-corrected chi connectivity index (χ0v) is 9.18. The van der Waals surface area contributed by atoms with Crippen LogP contribution in [0.25, 0.3) is 0 Å². The van der Waals surface area contributed by atoms with Crippen molar-refractivity contribution < 1.29 is 9.72 Å². The molecule has 0 atom stereocenters. The molecule has 1 saturated carbocycles. The van der Waals surface area contributed by atoms with Crippen molar-refractivity contribution in [3.8, 4) is 0 Å². The lowest BCUT2D eigenvalue weighted by Gasteiger charge is -2.05. The van der Waals surface area contributed by atoms with Gasteiger partial charge in [0, 0.05) is 23.9 Å². The van der Waals surface area contributed by atoms with Crippen LogP contribution in [0.5, 0.6) is 0 Å². The second-order valence-electron chi connectivity index (χ2n) is 4.01. The van der Waals surface area contributed by atoms with Crippen LogP contribution in [0, 0.1) is 10.1 Å². The summed E-state index contributed by atoms with van der Waals surface area (Å²) in [6.45, 7) is 0.243. The van der Waals surface area contributed by atoms with E-state index in [9.17, 15) is 14.9 Å².